The van der Waals surface area contributed by atoms with Gasteiger partial charge >= 0.3 is 0 Å². The zero-order valence-corrected chi connectivity index (χ0v) is 15.6. The number of rotatable bonds is 5. The molecule has 1 saturated carbocycles. The van der Waals surface area contributed by atoms with Crippen molar-refractivity contribution in [3.05, 3.63) is 58.6 Å². The summed E-state index contributed by atoms with van der Waals surface area (Å²) in [6.45, 7) is 0.525. The Labute approximate surface area is 163 Å². The molecule has 1 aliphatic heterocycles. The van der Waals surface area contributed by atoms with Crippen LogP contribution in [0.2, 0.25) is 5.02 Å². The number of amides is 2. The van der Waals surface area contributed by atoms with E-state index in [0.29, 0.717) is 23.8 Å². The van der Waals surface area contributed by atoms with Crippen molar-refractivity contribution in [3.63, 3.8) is 0 Å². The molecule has 2 amide bonds. The molecule has 2 aromatic rings. The van der Waals surface area contributed by atoms with E-state index in [9.17, 15) is 9.59 Å². The second-order valence-corrected chi connectivity index (χ2v) is 7.46. The summed E-state index contributed by atoms with van der Waals surface area (Å²) in [4.78, 5) is 24.3. The molecule has 2 aliphatic rings. The van der Waals surface area contributed by atoms with Crippen molar-refractivity contribution in [2.75, 3.05) is 11.9 Å². The van der Waals surface area contributed by atoms with Crippen LogP contribution in [-0.2, 0) is 16.0 Å². The monoisotopic (exact) mass is 384 g/mol. The third-order valence-electron chi connectivity index (χ3n) is 4.90. The fourth-order valence-electron chi connectivity index (χ4n) is 3.26. The van der Waals surface area contributed by atoms with Crippen molar-refractivity contribution >= 4 is 29.1 Å². The molecule has 1 atom stereocenters. The van der Waals surface area contributed by atoms with Crippen LogP contribution in [0.3, 0.4) is 0 Å². The van der Waals surface area contributed by atoms with E-state index in [2.05, 4.69) is 10.6 Å². The zero-order chi connectivity index (χ0) is 18.8. The average Bonchev–Trinajstić information content (AvgIpc) is 3.49. The number of fused-ring (bicyclic) bond motifs is 1. The van der Waals surface area contributed by atoms with Gasteiger partial charge in [0.1, 0.15) is 5.75 Å². The molecule has 5 nitrogen and oxygen atoms in total. The number of benzene rings is 2. The molecule has 0 saturated heterocycles. The van der Waals surface area contributed by atoms with E-state index >= 15 is 0 Å². The van der Waals surface area contributed by atoms with Gasteiger partial charge in [-0.05, 0) is 36.6 Å². The van der Waals surface area contributed by atoms with Crippen LogP contribution in [0.4, 0.5) is 5.69 Å². The Morgan fingerprint density at radius 3 is 2.59 bits per heavy atom. The zero-order valence-electron chi connectivity index (χ0n) is 14.8. The summed E-state index contributed by atoms with van der Waals surface area (Å²) in [5.41, 5.74) is 2.58. The molecule has 0 bridgehead atoms. The second-order valence-electron chi connectivity index (χ2n) is 7.05. The first-order valence-electron chi connectivity index (χ1n) is 9.20. The molecule has 0 radical (unpaired) electrons. The molecule has 0 spiro atoms. The van der Waals surface area contributed by atoms with Gasteiger partial charge in [-0.3, -0.25) is 9.59 Å². The van der Waals surface area contributed by atoms with Crippen LogP contribution in [-0.4, -0.2) is 18.4 Å². The Balaban J connectivity index is 1.36. The molecule has 4 rings (SSSR count). The van der Waals surface area contributed by atoms with Gasteiger partial charge in [0, 0.05) is 23.6 Å². The smallest absolute Gasteiger partial charge is 0.227 e. The Bertz CT molecular complexity index is 862. The lowest BCUT2D eigenvalue weighted by Crippen LogP contribution is -2.33. The van der Waals surface area contributed by atoms with Crippen LogP contribution in [0, 0.1) is 5.92 Å². The van der Waals surface area contributed by atoms with E-state index in [-0.39, 0.29) is 30.2 Å². The largest absolute Gasteiger partial charge is 0.492 e. The summed E-state index contributed by atoms with van der Waals surface area (Å²) in [7, 11) is 0. The van der Waals surface area contributed by atoms with Crippen LogP contribution < -0.4 is 15.4 Å². The minimum atomic E-state index is -0.1000. The standard InChI is InChI=1S/C21H21ClN2O3/c22-17-3-1-2-16-18(10-11-27-20(16)17)24-19(25)12-13-4-8-15(9-5-13)23-21(26)14-6-7-14/h1-5,8-9,14,18H,6-7,10-12H2,(H,23,26)(H,24,25). The predicted octanol–water partition coefficient (Wildman–Crippen LogP) is 3.87. The lowest BCUT2D eigenvalue weighted by atomic mass is 10.00. The Hall–Kier alpha value is -2.53. The third kappa shape index (κ3) is 4.25. The highest BCUT2D eigenvalue weighted by Gasteiger charge is 2.29. The van der Waals surface area contributed by atoms with Crippen molar-refractivity contribution in [1.29, 1.82) is 0 Å². The van der Waals surface area contributed by atoms with Gasteiger partial charge in [0.25, 0.3) is 0 Å². The van der Waals surface area contributed by atoms with Crippen molar-refractivity contribution in [2.45, 2.75) is 31.7 Å². The maximum atomic E-state index is 12.5. The van der Waals surface area contributed by atoms with Gasteiger partial charge < -0.3 is 15.4 Å². The fourth-order valence-corrected chi connectivity index (χ4v) is 3.50. The van der Waals surface area contributed by atoms with Crippen molar-refractivity contribution in [2.24, 2.45) is 5.92 Å². The number of carbonyl (C=O) groups is 2. The Kier molecular flexibility index (Phi) is 5.03. The number of carbonyl (C=O) groups excluding carboxylic acids is 2. The van der Waals surface area contributed by atoms with Gasteiger partial charge in [-0.15, -0.1) is 0 Å². The van der Waals surface area contributed by atoms with Gasteiger partial charge in [0.15, 0.2) is 0 Å². The van der Waals surface area contributed by atoms with Gasteiger partial charge in [0.05, 0.1) is 24.1 Å². The maximum Gasteiger partial charge on any atom is 0.227 e. The van der Waals surface area contributed by atoms with Gasteiger partial charge in [0.2, 0.25) is 11.8 Å². The highest BCUT2D eigenvalue weighted by atomic mass is 35.5. The highest BCUT2D eigenvalue weighted by Crippen LogP contribution is 2.37. The van der Waals surface area contributed by atoms with Crippen LogP contribution in [0.15, 0.2) is 42.5 Å². The number of hydrogen-bond acceptors (Lipinski definition) is 3. The molecule has 27 heavy (non-hydrogen) atoms. The molecule has 0 aromatic heterocycles. The lowest BCUT2D eigenvalue weighted by Gasteiger charge is -2.27. The van der Waals surface area contributed by atoms with Crippen LogP contribution >= 0.6 is 11.6 Å². The fraction of sp³-hybridized carbons (Fsp3) is 0.333. The number of hydrogen-bond donors (Lipinski definition) is 2. The molecule has 6 heteroatoms. The van der Waals surface area contributed by atoms with E-state index in [1.54, 1.807) is 6.07 Å². The SMILES string of the molecule is O=C(Cc1ccc(NC(=O)C2CC2)cc1)NC1CCOc2c(Cl)cccc21. The van der Waals surface area contributed by atoms with Crippen LogP contribution in [0.25, 0.3) is 0 Å². The first-order chi connectivity index (χ1) is 13.1. The topological polar surface area (TPSA) is 67.4 Å². The number of ether oxygens (including phenoxy) is 1. The predicted molar refractivity (Wildman–Crippen MR) is 104 cm³/mol. The van der Waals surface area contributed by atoms with Crippen molar-refractivity contribution in [3.8, 4) is 5.75 Å². The quantitative estimate of drug-likeness (QED) is 0.822. The van der Waals surface area contributed by atoms with E-state index in [0.717, 1.165) is 29.7 Å². The van der Waals surface area contributed by atoms with Crippen molar-refractivity contribution in [1.82, 2.24) is 5.32 Å². The summed E-state index contributed by atoms with van der Waals surface area (Å²) in [6.07, 6.45) is 2.95. The highest BCUT2D eigenvalue weighted by molar-refractivity contribution is 6.32. The molecule has 140 valence electrons. The molecule has 1 unspecified atom stereocenters. The first kappa shape index (κ1) is 17.9. The maximum absolute atomic E-state index is 12.5. The number of para-hydroxylation sites is 1. The minimum Gasteiger partial charge on any atom is -0.492 e. The van der Waals surface area contributed by atoms with E-state index in [1.165, 1.54) is 0 Å². The second kappa shape index (κ2) is 7.61. The van der Waals surface area contributed by atoms with Crippen LogP contribution in [0.5, 0.6) is 5.75 Å². The molecular formula is C21H21ClN2O3. The number of halogens is 1. The first-order valence-corrected chi connectivity index (χ1v) is 9.58. The Morgan fingerprint density at radius 1 is 1.07 bits per heavy atom. The molecular weight excluding hydrogens is 364 g/mol. The molecule has 1 aliphatic carbocycles. The summed E-state index contributed by atoms with van der Waals surface area (Å²) in [6, 6.07) is 12.9. The van der Waals surface area contributed by atoms with E-state index < -0.39 is 0 Å². The Morgan fingerprint density at radius 2 is 1.85 bits per heavy atom. The molecule has 2 N–H and O–H groups in total. The molecule has 1 fully saturated rings. The molecule has 1 heterocycles. The normalized spacial score (nSPS) is 18.2. The number of nitrogens with one attached hydrogen (secondary N) is 2. The van der Waals surface area contributed by atoms with Crippen LogP contribution in [0.1, 0.15) is 36.4 Å². The van der Waals surface area contributed by atoms with Gasteiger partial charge in [-0.2, -0.15) is 0 Å². The lowest BCUT2D eigenvalue weighted by molar-refractivity contribution is -0.121. The molecule has 2 aromatic carbocycles. The van der Waals surface area contributed by atoms with Crippen molar-refractivity contribution < 1.29 is 14.3 Å². The number of anilines is 1. The summed E-state index contributed by atoms with van der Waals surface area (Å²) in [5.74, 6) is 0.859. The average molecular weight is 385 g/mol. The third-order valence-corrected chi connectivity index (χ3v) is 5.19. The summed E-state index contributed by atoms with van der Waals surface area (Å²) in [5, 5.41) is 6.54. The summed E-state index contributed by atoms with van der Waals surface area (Å²) < 4.78 is 5.63. The minimum absolute atomic E-state index is 0.0532. The van der Waals surface area contributed by atoms with Gasteiger partial charge in [-0.25, -0.2) is 0 Å². The van der Waals surface area contributed by atoms with E-state index in [4.69, 9.17) is 16.3 Å². The summed E-state index contributed by atoms with van der Waals surface area (Å²) >= 11 is 6.18. The van der Waals surface area contributed by atoms with Gasteiger partial charge in [-0.1, -0.05) is 35.9 Å². The van der Waals surface area contributed by atoms with E-state index in [1.807, 2.05) is 36.4 Å².